The molecule has 0 unspecified atom stereocenters. The SMILES string of the molecule is C[C@H](C(=O)NC(C)(C)C)N(CCc1ccccc1)C(=O)CN(c1ccccc1Cl)S(=O)(=O)c1ccccc1. The minimum absolute atomic E-state index is 0.0297. The average molecular weight is 556 g/mol. The molecule has 7 nitrogen and oxygen atoms in total. The highest BCUT2D eigenvalue weighted by Gasteiger charge is 2.33. The molecular formula is C29H34ClN3O4S. The number of carbonyl (C=O) groups is 2. The lowest BCUT2D eigenvalue weighted by molar-refractivity contribution is -0.139. The summed E-state index contributed by atoms with van der Waals surface area (Å²) in [6.45, 7) is 6.93. The van der Waals surface area contributed by atoms with Gasteiger partial charge in [-0.15, -0.1) is 0 Å². The van der Waals surface area contributed by atoms with E-state index in [0.717, 1.165) is 9.87 Å². The van der Waals surface area contributed by atoms with Crippen LogP contribution in [-0.2, 0) is 26.0 Å². The number of halogens is 1. The van der Waals surface area contributed by atoms with E-state index in [9.17, 15) is 18.0 Å². The maximum Gasteiger partial charge on any atom is 0.264 e. The number of carbonyl (C=O) groups excluding carboxylic acids is 2. The van der Waals surface area contributed by atoms with Gasteiger partial charge in [0.05, 0.1) is 15.6 Å². The summed E-state index contributed by atoms with van der Waals surface area (Å²) in [7, 11) is -4.15. The van der Waals surface area contributed by atoms with Crippen LogP contribution in [-0.4, -0.2) is 49.8 Å². The topological polar surface area (TPSA) is 86.8 Å². The molecule has 38 heavy (non-hydrogen) atoms. The third-order valence-electron chi connectivity index (χ3n) is 5.88. The van der Waals surface area contributed by atoms with Crippen molar-refractivity contribution < 1.29 is 18.0 Å². The van der Waals surface area contributed by atoms with E-state index in [1.807, 2.05) is 51.1 Å². The number of hydrogen-bond acceptors (Lipinski definition) is 4. The summed E-state index contributed by atoms with van der Waals surface area (Å²) in [4.78, 5) is 28.4. The molecule has 0 aliphatic carbocycles. The van der Waals surface area contributed by atoms with Crippen molar-refractivity contribution in [2.45, 2.75) is 50.6 Å². The minimum atomic E-state index is -4.15. The van der Waals surface area contributed by atoms with Gasteiger partial charge in [-0.25, -0.2) is 8.42 Å². The molecule has 0 aliphatic rings. The van der Waals surface area contributed by atoms with Crippen LogP contribution in [0.1, 0.15) is 33.3 Å². The monoisotopic (exact) mass is 555 g/mol. The van der Waals surface area contributed by atoms with E-state index in [4.69, 9.17) is 11.6 Å². The first-order valence-corrected chi connectivity index (χ1v) is 14.2. The van der Waals surface area contributed by atoms with Gasteiger partial charge in [0.25, 0.3) is 10.0 Å². The van der Waals surface area contributed by atoms with Crippen LogP contribution in [0.5, 0.6) is 0 Å². The second-order valence-corrected chi connectivity index (χ2v) is 12.3. The predicted molar refractivity (Wildman–Crippen MR) is 152 cm³/mol. The zero-order valence-corrected chi connectivity index (χ0v) is 23.7. The number of sulfonamides is 1. The van der Waals surface area contributed by atoms with Crippen molar-refractivity contribution in [2.75, 3.05) is 17.4 Å². The van der Waals surface area contributed by atoms with Crippen LogP contribution < -0.4 is 9.62 Å². The fourth-order valence-electron chi connectivity index (χ4n) is 3.93. The Hall–Kier alpha value is -3.36. The predicted octanol–water partition coefficient (Wildman–Crippen LogP) is 4.91. The van der Waals surface area contributed by atoms with Gasteiger partial charge in [0.2, 0.25) is 11.8 Å². The molecule has 0 aromatic heterocycles. The van der Waals surface area contributed by atoms with E-state index in [2.05, 4.69) is 5.32 Å². The van der Waals surface area contributed by atoms with E-state index < -0.39 is 34.1 Å². The van der Waals surface area contributed by atoms with Gasteiger partial charge in [-0.3, -0.25) is 13.9 Å². The van der Waals surface area contributed by atoms with Crippen molar-refractivity contribution in [3.05, 3.63) is 95.5 Å². The number of anilines is 1. The molecule has 3 aromatic carbocycles. The van der Waals surface area contributed by atoms with Crippen LogP contribution in [0.15, 0.2) is 89.8 Å². The Balaban J connectivity index is 1.98. The Labute approximate surface area is 230 Å². The van der Waals surface area contributed by atoms with Crippen LogP contribution in [0.2, 0.25) is 5.02 Å². The molecule has 0 saturated carbocycles. The maximum atomic E-state index is 13.8. The van der Waals surface area contributed by atoms with E-state index in [1.54, 1.807) is 49.4 Å². The summed E-state index contributed by atoms with van der Waals surface area (Å²) >= 11 is 6.41. The largest absolute Gasteiger partial charge is 0.350 e. The van der Waals surface area contributed by atoms with Crippen molar-refractivity contribution >= 4 is 39.1 Å². The Bertz CT molecular complexity index is 1340. The van der Waals surface area contributed by atoms with E-state index >= 15 is 0 Å². The van der Waals surface area contributed by atoms with Crippen molar-refractivity contribution in [1.29, 1.82) is 0 Å². The van der Waals surface area contributed by atoms with E-state index in [0.29, 0.717) is 6.42 Å². The molecule has 0 heterocycles. The van der Waals surface area contributed by atoms with Crippen LogP contribution in [0.25, 0.3) is 0 Å². The summed E-state index contributed by atoms with van der Waals surface area (Å²) in [6.07, 6.45) is 0.497. The van der Waals surface area contributed by atoms with Gasteiger partial charge in [-0.2, -0.15) is 0 Å². The van der Waals surface area contributed by atoms with Gasteiger partial charge in [-0.1, -0.05) is 72.3 Å². The van der Waals surface area contributed by atoms with Crippen LogP contribution >= 0.6 is 11.6 Å². The van der Waals surface area contributed by atoms with E-state index in [1.165, 1.54) is 17.0 Å². The first-order valence-electron chi connectivity index (χ1n) is 12.4. The van der Waals surface area contributed by atoms with Crippen LogP contribution in [0, 0.1) is 0 Å². The lowest BCUT2D eigenvalue weighted by atomic mass is 10.1. The highest BCUT2D eigenvalue weighted by atomic mass is 35.5. The van der Waals surface area contributed by atoms with Crippen LogP contribution in [0.3, 0.4) is 0 Å². The molecule has 0 aliphatic heterocycles. The quantitative estimate of drug-likeness (QED) is 0.385. The number of nitrogens with zero attached hydrogens (tertiary/aromatic N) is 2. The number of amides is 2. The molecule has 0 radical (unpaired) electrons. The summed E-state index contributed by atoms with van der Waals surface area (Å²) in [5.41, 5.74) is 0.675. The second kappa shape index (κ2) is 12.5. The summed E-state index contributed by atoms with van der Waals surface area (Å²) in [6, 6.07) is 23.1. The molecule has 0 bridgehead atoms. The van der Waals surface area contributed by atoms with Gasteiger partial charge in [-0.05, 0) is 63.9 Å². The number of benzene rings is 3. The molecular weight excluding hydrogens is 522 g/mol. The molecule has 0 fully saturated rings. The fraction of sp³-hybridized carbons (Fsp3) is 0.310. The van der Waals surface area contributed by atoms with Crippen molar-refractivity contribution in [3.63, 3.8) is 0 Å². The normalized spacial score (nSPS) is 12.4. The third kappa shape index (κ3) is 7.58. The van der Waals surface area contributed by atoms with Gasteiger partial charge < -0.3 is 10.2 Å². The zero-order chi connectivity index (χ0) is 27.9. The molecule has 0 saturated heterocycles. The second-order valence-electron chi connectivity index (χ2n) is 10.0. The van der Waals surface area contributed by atoms with E-state index in [-0.39, 0.29) is 28.1 Å². The Morgan fingerprint density at radius 3 is 2.03 bits per heavy atom. The fourth-order valence-corrected chi connectivity index (χ4v) is 5.67. The summed E-state index contributed by atoms with van der Waals surface area (Å²) in [5, 5.41) is 3.11. The zero-order valence-electron chi connectivity index (χ0n) is 22.1. The highest BCUT2D eigenvalue weighted by Crippen LogP contribution is 2.30. The Kier molecular flexibility index (Phi) is 9.57. The van der Waals surface area contributed by atoms with Gasteiger partial charge >= 0.3 is 0 Å². The third-order valence-corrected chi connectivity index (χ3v) is 7.97. The average Bonchev–Trinajstić information content (AvgIpc) is 2.88. The Morgan fingerprint density at radius 1 is 0.895 bits per heavy atom. The molecule has 1 atom stereocenters. The number of nitrogens with one attached hydrogen (secondary N) is 1. The highest BCUT2D eigenvalue weighted by molar-refractivity contribution is 7.92. The standard InChI is InChI=1S/C29H34ClN3O4S/c1-22(28(35)31-29(2,3)4)32(20-19-23-13-7-5-8-14-23)27(34)21-33(26-18-12-11-17-25(26)30)38(36,37)24-15-9-6-10-16-24/h5-18,22H,19-21H2,1-4H3,(H,31,35)/t22-/m1/s1. The van der Waals surface area contributed by atoms with Gasteiger partial charge in [0.1, 0.15) is 12.6 Å². The molecule has 2 amide bonds. The first kappa shape index (κ1) is 29.2. The van der Waals surface area contributed by atoms with Crippen molar-refractivity contribution in [1.82, 2.24) is 10.2 Å². The lowest BCUT2D eigenvalue weighted by Gasteiger charge is -2.33. The summed E-state index contributed by atoms with van der Waals surface area (Å²) in [5.74, 6) is -0.842. The number of hydrogen-bond donors (Lipinski definition) is 1. The first-order chi connectivity index (χ1) is 17.9. The molecule has 202 valence electrons. The minimum Gasteiger partial charge on any atom is -0.350 e. The van der Waals surface area contributed by atoms with Gasteiger partial charge in [0.15, 0.2) is 0 Å². The number of para-hydroxylation sites is 1. The molecule has 3 aromatic rings. The molecule has 1 N–H and O–H groups in total. The van der Waals surface area contributed by atoms with Gasteiger partial charge in [0, 0.05) is 12.1 Å². The molecule has 9 heteroatoms. The lowest BCUT2D eigenvalue weighted by Crippen LogP contribution is -2.55. The van der Waals surface area contributed by atoms with Crippen molar-refractivity contribution in [2.24, 2.45) is 0 Å². The molecule has 0 spiro atoms. The smallest absolute Gasteiger partial charge is 0.264 e. The Morgan fingerprint density at radius 2 is 1.45 bits per heavy atom. The maximum absolute atomic E-state index is 13.8. The summed E-state index contributed by atoms with van der Waals surface area (Å²) < 4.78 is 28.5. The molecule has 3 rings (SSSR count). The van der Waals surface area contributed by atoms with Crippen molar-refractivity contribution in [3.8, 4) is 0 Å². The number of rotatable bonds is 10. The van der Waals surface area contributed by atoms with Crippen LogP contribution in [0.4, 0.5) is 5.69 Å².